The van der Waals surface area contributed by atoms with Gasteiger partial charge in [-0.3, -0.25) is 19.2 Å². The smallest absolute Gasteiger partial charge is 0.277 e. The summed E-state index contributed by atoms with van der Waals surface area (Å²) in [5.74, 6) is -0.137. The van der Waals surface area contributed by atoms with E-state index < -0.39 is 0 Å². The lowest BCUT2D eigenvalue weighted by Crippen LogP contribution is -2.31. The van der Waals surface area contributed by atoms with E-state index in [1.54, 1.807) is 35.9 Å². The number of carbonyl (C=O) groups excluding carboxylic acids is 1. The molecule has 3 aromatic rings. The van der Waals surface area contributed by atoms with Gasteiger partial charge in [-0.15, -0.1) is 0 Å². The number of rotatable bonds is 2. The maximum Gasteiger partial charge on any atom is 0.277 e. The summed E-state index contributed by atoms with van der Waals surface area (Å²) in [5.41, 5.74) is 3.73. The molecule has 4 rings (SSSR count). The van der Waals surface area contributed by atoms with Crippen LogP contribution in [-0.2, 0) is 14.1 Å². The number of hydrogen-bond donors (Lipinski definition) is 0. The summed E-state index contributed by atoms with van der Waals surface area (Å²) < 4.78 is 3.09. The van der Waals surface area contributed by atoms with Crippen LogP contribution in [0, 0.1) is 6.92 Å². The fourth-order valence-corrected chi connectivity index (χ4v) is 3.69. The van der Waals surface area contributed by atoms with Gasteiger partial charge in [0, 0.05) is 36.9 Å². The molecule has 1 atom stereocenters. The quantitative estimate of drug-likeness (QED) is 0.698. The molecular formula is C19H17ClN4O2. The molecule has 3 heterocycles. The number of hydrogen-bond acceptors (Lipinski definition) is 3. The van der Waals surface area contributed by atoms with E-state index in [-0.39, 0.29) is 17.5 Å². The molecule has 7 heteroatoms. The standard InChI is InChI=1S/C19H17ClN4O2/c1-11-16-17(12-4-6-13(20)7-5-12)24(19(26)18(16)23(3)21-11)14-8-9-15(25)22(2)10-14/h4-10,17H,1-3H3. The van der Waals surface area contributed by atoms with Gasteiger partial charge in [0.15, 0.2) is 0 Å². The van der Waals surface area contributed by atoms with E-state index in [1.165, 1.54) is 10.6 Å². The number of nitrogens with zero attached hydrogens (tertiary/aromatic N) is 4. The second kappa shape index (κ2) is 5.85. The first-order valence-electron chi connectivity index (χ1n) is 8.17. The fraction of sp³-hybridized carbons (Fsp3) is 0.211. The maximum atomic E-state index is 13.2. The van der Waals surface area contributed by atoms with Crippen LogP contribution in [0.2, 0.25) is 5.02 Å². The Morgan fingerprint density at radius 1 is 1.04 bits per heavy atom. The number of pyridine rings is 1. The number of aromatic nitrogens is 3. The molecule has 1 amide bonds. The molecule has 0 aliphatic carbocycles. The van der Waals surface area contributed by atoms with Crippen LogP contribution in [0.5, 0.6) is 0 Å². The Labute approximate surface area is 155 Å². The zero-order chi connectivity index (χ0) is 18.6. The van der Waals surface area contributed by atoms with Crippen LogP contribution in [-0.4, -0.2) is 20.3 Å². The van der Waals surface area contributed by atoms with Crippen molar-refractivity contribution in [3.8, 4) is 0 Å². The summed E-state index contributed by atoms with van der Waals surface area (Å²) in [6, 6.07) is 10.3. The van der Waals surface area contributed by atoms with Gasteiger partial charge in [-0.05, 0) is 30.7 Å². The first-order chi connectivity index (χ1) is 12.4. The molecule has 1 aromatic carbocycles. The van der Waals surface area contributed by atoms with E-state index in [2.05, 4.69) is 5.10 Å². The molecule has 2 aromatic heterocycles. The molecule has 132 valence electrons. The van der Waals surface area contributed by atoms with Crippen molar-refractivity contribution in [1.82, 2.24) is 14.3 Å². The molecule has 0 saturated heterocycles. The monoisotopic (exact) mass is 368 g/mol. The summed E-state index contributed by atoms with van der Waals surface area (Å²) in [6.45, 7) is 1.90. The third kappa shape index (κ3) is 2.37. The van der Waals surface area contributed by atoms with Crippen molar-refractivity contribution in [3.63, 3.8) is 0 Å². The lowest BCUT2D eigenvalue weighted by Gasteiger charge is -2.26. The minimum atomic E-state index is -0.319. The van der Waals surface area contributed by atoms with E-state index >= 15 is 0 Å². The molecule has 0 spiro atoms. The molecule has 0 fully saturated rings. The molecule has 0 saturated carbocycles. The van der Waals surface area contributed by atoms with E-state index in [0.717, 1.165) is 16.8 Å². The molecule has 1 unspecified atom stereocenters. The van der Waals surface area contributed by atoms with Gasteiger partial charge in [0.2, 0.25) is 5.56 Å². The first-order valence-corrected chi connectivity index (χ1v) is 8.55. The minimum Gasteiger partial charge on any atom is -0.317 e. The van der Waals surface area contributed by atoms with Crippen LogP contribution in [0.4, 0.5) is 5.69 Å². The van der Waals surface area contributed by atoms with Crippen LogP contribution in [0.3, 0.4) is 0 Å². The molecule has 6 nitrogen and oxygen atoms in total. The normalized spacial score (nSPS) is 16.2. The third-order valence-corrected chi connectivity index (χ3v) is 5.01. The van der Waals surface area contributed by atoms with Crippen molar-refractivity contribution in [2.45, 2.75) is 13.0 Å². The molecule has 26 heavy (non-hydrogen) atoms. The van der Waals surface area contributed by atoms with Crippen LogP contribution < -0.4 is 10.5 Å². The van der Waals surface area contributed by atoms with E-state index in [0.29, 0.717) is 16.4 Å². The number of carbonyl (C=O) groups is 1. The Hall–Kier alpha value is -2.86. The Morgan fingerprint density at radius 3 is 2.38 bits per heavy atom. The van der Waals surface area contributed by atoms with Crippen LogP contribution in [0.1, 0.15) is 33.4 Å². The molecule has 0 bridgehead atoms. The van der Waals surface area contributed by atoms with Crippen LogP contribution in [0.25, 0.3) is 0 Å². The molecule has 1 aliphatic rings. The van der Waals surface area contributed by atoms with Crippen molar-refractivity contribution in [2.24, 2.45) is 14.1 Å². The van der Waals surface area contributed by atoms with Gasteiger partial charge in [0.05, 0.1) is 17.4 Å². The average molecular weight is 369 g/mol. The topological polar surface area (TPSA) is 60.1 Å². The SMILES string of the molecule is Cc1nn(C)c2c1C(c1ccc(Cl)cc1)N(c1ccc(=O)n(C)c1)C2=O. The summed E-state index contributed by atoms with van der Waals surface area (Å²) in [5, 5.41) is 5.06. The number of anilines is 1. The highest BCUT2D eigenvalue weighted by Crippen LogP contribution is 2.42. The Morgan fingerprint density at radius 2 is 1.73 bits per heavy atom. The number of halogens is 1. The Bertz CT molecular complexity index is 1080. The van der Waals surface area contributed by atoms with Gasteiger partial charge in [-0.2, -0.15) is 5.10 Å². The summed E-state index contributed by atoms with van der Waals surface area (Å²) >= 11 is 6.04. The van der Waals surface area contributed by atoms with Gasteiger partial charge < -0.3 is 4.57 Å². The lowest BCUT2D eigenvalue weighted by molar-refractivity contribution is 0.0984. The van der Waals surface area contributed by atoms with Crippen molar-refractivity contribution >= 4 is 23.2 Å². The second-order valence-electron chi connectivity index (χ2n) is 6.44. The van der Waals surface area contributed by atoms with Gasteiger partial charge in [-0.25, -0.2) is 0 Å². The fourth-order valence-electron chi connectivity index (χ4n) is 3.56. The van der Waals surface area contributed by atoms with Crippen molar-refractivity contribution in [2.75, 3.05) is 4.90 Å². The van der Waals surface area contributed by atoms with Crippen LogP contribution >= 0.6 is 11.6 Å². The van der Waals surface area contributed by atoms with Crippen molar-refractivity contribution in [1.29, 1.82) is 0 Å². The van der Waals surface area contributed by atoms with E-state index in [4.69, 9.17) is 11.6 Å². The highest BCUT2D eigenvalue weighted by atomic mass is 35.5. The Kier molecular flexibility index (Phi) is 3.73. The van der Waals surface area contributed by atoms with Crippen LogP contribution in [0.15, 0.2) is 47.4 Å². The average Bonchev–Trinajstić information content (AvgIpc) is 3.07. The maximum absolute atomic E-state index is 13.2. The van der Waals surface area contributed by atoms with Crippen molar-refractivity contribution < 1.29 is 4.79 Å². The number of benzene rings is 1. The number of amides is 1. The van der Waals surface area contributed by atoms with Gasteiger partial charge in [0.25, 0.3) is 5.91 Å². The van der Waals surface area contributed by atoms with Gasteiger partial charge in [-0.1, -0.05) is 23.7 Å². The second-order valence-corrected chi connectivity index (χ2v) is 6.87. The molecule has 0 radical (unpaired) electrons. The third-order valence-electron chi connectivity index (χ3n) is 4.76. The largest absolute Gasteiger partial charge is 0.317 e. The Balaban J connectivity index is 1.95. The summed E-state index contributed by atoms with van der Waals surface area (Å²) in [7, 11) is 3.44. The van der Waals surface area contributed by atoms with E-state index in [9.17, 15) is 9.59 Å². The van der Waals surface area contributed by atoms with Gasteiger partial charge >= 0.3 is 0 Å². The molecule has 1 aliphatic heterocycles. The zero-order valence-corrected chi connectivity index (χ0v) is 15.4. The summed E-state index contributed by atoms with van der Waals surface area (Å²) in [4.78, 5) is 26.7. The minimum absolute atomic E-state index is 0.126. The number of fused-ring (bicyclic) bond motifs is 1. The highest BCUT2D eigenvalue weighted by Gasteiger charge is 2.43. The summed E-state index contributed by atoms with van der Waals surface area (Å²) in [6.07, 6.45) is 1.68. The predicted octanol–water partition coefficient (Wildman–Crippen LogP) is 2.83. The highest BCUT2D eigenvalue weighted by molar-refractivity contribution is 6.30. The van der Waals surface area contributed by atoms with Gasteiger partial charge in [0.1, 0.15) is 5.69 Å². The molecule has 0 N–H and O–H groups in total. The number of aryl methyl sites for hydroxylation is 3. The zero-order valence-electron chi connectivity index (χ0n) is 14.6. The molecular weight excluding hydrogens is 352 g/mol. The first kappa shape index (κ1) is 16.6. The lowest BCUT2D eigenvalue weighted by atomic mass is 9.99. The van der Waals surface area contributed by atoms with E-state index in [1.807, 2.05) is 31.2 Å². The van der Waals surface area contributed by atoms with Crippen molar-refractivity contribution in [3.05, 3.63) is 80.5 Å². The predicted molar refractivity (Wildman–Crippen MR) is 99.7 cm³/mol.